The summed E-state index contributed by atoms with van der Waals surface area (Å²) in [6.07, 6.45) is 1.55. The Bertz CT molecular complexity index is 543. The van der Waals surface area contributed by atoms with E-state index in [0.29, 0.717) is 13.1 Å². The fraction of sp³-hybridized carbons (Fsp3) is 0.286. The highest BCUT2D eigenvalue weighted by Gasteiger charge is 2.00. The number of rotatable bonds is 5. The van der Waals surface area contributed by atoms with Crippen molar-refractivity contribution >= 4 is 41.5 Å². The van der Waals surface area contributed by atoms with Crippen LogP contribution in [0.2, 0.25) is 5.02 Å². The number of nitrogens with zero attached hydrogens (tertiary/aromatic N) is 2. The maximum Gasteiger partial charge on any atom is 0.191 e. The maximum absolute atomic E-state index is 5.85. The molecule has 1 aromatic carbocycles. The topological polar surface area (TPSA) is 62.5 Å². The first-order chi connectivity index (χ1) is 9.78. The number of aromatic nitrogens is 1. The number of halogens is 2. The van der Waals surface area contributed by atoms with Crippen LogP contribution in [0.5, 0.6) is 0 Å². The third-order valence-corrected chi connectivity index (χ3v) is 2.86. The zero-order valence-electron chi connectivity index (χ0n) is 11.7. The molecule has 0 atom stereocenters. The summed E-state index contributed by atoms with van der Waals surface area (Å²) in [6, 6.07) is 9.47. The van der Waals surface area contributed by atoms with E-state index in [0.717, 1.165) is 28.8 Å². The molecule has 7 heteroatoms. The van der Waals surface area contributed by atoms with Crippen LogP contribution < -0.4 is 10.6 Å². The maximum atomic E-state index is 5.85. The SMILES string of the molecule is CCNC(=NCc1ccc(Cl)cc1)NCc1ccon1.I. The summed E-state index contributed by atoms with van der Waals surface area (Å²) in [5.41, 5.74) is 1.94. The summed E-state index contributed by atoms with van der Waals surface area (Å²) >= 11 is 5.85. The number of aliphatic imine (C=N–C) groups is 1. The molecule has 0 aliphatic rings. The average molecular weight is 421 g/mol. The quantitative estimate of drug-likeness (QED) is 0.443. The van der Waals surface area contributed by atoms with Gasteiger partial charge in [0, 0.05) is 17.6 Å². The van der Waals surface area contributed by atoms with Gasteiger partial charge >= 0.3 is 0 Å². The smallest absolute Gasteiger partial charge is 0.191 e. The Hall–Kier alpha value is -1.28. The van der Waals surface area contributed by atoms with E-state index < -0.39 is 0 Å². The summed E-state index contributed by atoms with van der Waals surface area (Å²) in [4.78, 5) is 4.51. The van der Waals surface area contributed by atoms with Gasteiger partial charge < -0.3 is 15.2 Å². The molecule has 1 heterocycles. The first-order valence-corrected chi connectivity index (χ1v) is 6.81. The van der Waals surface area contributed by atoms with Crippen LogP contribution in [0.3, 0.4) is 0 Å². The van der Waals surface area contributed by atoms with Crippen molar-refractivity contribution in [2.24, 2.45) is 4.99 Å². The van der Waals surface area contributed by atoms with Crippen LogP contribution in [0.15, 0.2) is 46.1 Å². The molecule has 2 N–H and O–H groups in total. The van der Waals surface area contributed by atoms with Gasteiger partial charge in [0.1, 0.15) is 12.0 Å². The first-order valence-electron chi connectivity index (χ1n) is 6.44. The van der Waals surface area contributed by atoms with E-state index in [1.807, 2.05) is 37.3 Å². The minimum atomic E-state index is 0. The third-order valence-electron chi connectivity index (χ3n) is 2.61. The fourth-order valence-electron chi connectivity index (χ4n) is 1.60. The molecule has 2 aromatic rings. The van der Waals surface area contributed by atoms with Gasteiger partial charge in [0.2, 0.25) is 0 Å². The summed E-state index contributed by atoms with van der Waals surface area (Å²) < 4.78 is 4.78. The second-order valence-corrected chi connectivity index (χ2v) is 4.60. The van der Waals surface area contributed by atoms with Crippen LogP contribution in [-0.2, 0) is 13.1 Å². The monoisotopic (exact) mass is 420 g/mol. The first kappa shape index (κ1) is 17.8. The van der Waals surface area contributed by atoms with Crippen LogP contribution >= 0.6 is 35.6 Å². The molecule has 0 saturated heterocycles. The molecule has 0 aliphatic heterocycles. The van der Waals surface area contributed by atoms with E-state index in [1.54, 1.807) is 6.26 Å². The molecule has 114 valence electrons. The Morgan fingerprint density at radius 1 is 1.24 bits per heavy atom. The molecule has 0 aliphatic carbocycles. The van der Waals surface area contributed by atoms with E-state index in [1.165, 1.54) is 0 Å². The van der Waals surface area contributed by atoms with E-state index in [2.05, 4.69) is 20.8 Å². The van der Waals surface area contributed by atoms with Crippen LogP contribution in [0, 0.1) is 0 Å². The Morgan fingerprint density at radius 3 is 2.62 bits per heavy atom. The molecule has 0 fully saturated rings. The predicted octanol–water partition coefficient (Wildman–Crippen LogP) is 3.20. The van der Waals surface area contributed by atoms with Crippen molar-refractivity contribution in [2.75, 3.05) is 6.54 Å². The van der Waals surface area contributed by atoms with Crippen molar-refractivity contribution in [3.63, 3.8) is 0 Å². The molecule has 0 amide bonds. The highest BCUT2D eigenvalue weighted by molar-refractivity contribution is 14.0. The molecule has 2 rings (SSSR count). The van der Waals surface area contributed by atoms with Crippen LogP contribution in [0.25, 0.3) is 0 Å². The van der Waals surface area contributed by atoms with Crippen LogP contribution in [0.4, 0.5) is 0 Å². The molecular formula is C14H18ClIN4O. The second kappa shape index (κ2) is 9.62. The minimum Gasteiger partial charge on any atom is -0.364 e. The van der Waals surface area contributed by atoms with Gasteiger partial charge in [-0.25, -0.2) is 4.99 Å². The Labute approximate surface area is 146 Å². The van der Waals surface area contributed by atoms with Gasteiger partial charge in [-0.1, -0.05) is 28.9 Å². The highest BCUT2D eigenvalue weighted by Crippen LogP contribution is 2.10. The minimum absolute atomic E-state index is 0. The summed E-state index contributed by atoms with van der Waals surface area (Å²) in [7, 11) is 0. The van der Waals surface area contributed by atoms with Crippen molar-refractivity contribution in [1.29, 1.82) is 0 Å². The van der Waals surface area contributed by atoms with Gasteiger partial charge in [0.25, 0.3) is 0 Å². The average Bonchev–Trinajstić information content (AvgIpc) is 2.97. The van der Waals surface area contributed by atoms with Crippen LogP contribution in [-0.4, -0.2) is 17.7 Å². The lowest BCUT2D eigenvalue weighted by Gasteiger charge is -2.09. The highest BCUT2D eigenvalue weighted by atomic mass is 127. The zero-order valence-corrected chi connectivity index (χ0v) is 14.8. The largest absolute Gasteiger partial charge is 0.364 e. The molecule has 21 heavy (non-hydrogen) atoms. The van der Waals surface area contributed by atoms with Crippen molar-refractivity contribution in [3.05, 3.63) is 52.9 Å². The van der Waals surface area contributed by atoms with Gasteiger partial charge in [0.15, 0.2) is 5.96 Å². The summed E-state index contributed by atoms with van der Waals surface area (Å²) in [5, 5.41) is 10.9. The van der Waals surface area contributed by atoms with Gasteiger partial charge in [-0.2, -0.15) is 0 Å². The number of hydrogen-bond acceptors (Lipinski definition) is 3. The number of guanidine groups is 1. The van der Waals surface area contributed by atoms with Crippen molar-refractivity contribution in [1.82, 2.24) is 15.8 Å². The third kappa shape index (κ3) is 6.34. The molecular weight excluding hydrogens is 403 g/mol. The van der Waals surface area contributed by atoms with Crippen molar-refractivity contribution in [2.45, 2.75) is 20.0 Å². The normalized spacial score (nSPS) is 10.9. The van der Waals surface area contributed by atoms with Gasteiger partial charge in [-0.05, 0) is 24.6 Å². The summed E-state index contributed by atoms with van der Waals surface area (Å²) in [6.45, 7) is 3.98. The predicted molar refractivity (Wildman–Crippen MR) is 95.0 cm³/mol. The molecule has 0 bridgehead atoms. The lowest BCUT2D eigenvalue weighted by Crippen LogP contribution is -2.36. The standard InChI is InChI=1S/C14H17ClN4O.HI/c1-2-16-14(18-10-13-7-8-20-19-13)17-9-11-3-5-12(15)6-4-11;/h3-8H,2,9-10H2,1H3,(H2,16,17,18);1H. The van der Waals surface area contributed by atoms with E-state index >= 15 is 0 Å². The van der Waals surface area contributed by atoms with Crippen molar-refractivity contribution in [3.8, 4) is 0 Å². The van der Waals surface area contributed by atoms with E-state index in [4.69, 9.17) is 16.1 Å². The molecule has 0 spiro atoms. The second-order valence-electron chi connectivity index (χ2n) is 4.17. The molecule has 1 aromatic heterocycles. The van der Waals surface area contributed by atoms with Crippen molar-refractivity contribution < 1.29 is 4.52 Å². The number of nitrogens with one attached hydrogen (secondary N) is 2. The van der Waals surface area contributed by atoms with Gasteiger partial charge in [-0.15, -0.1) is 24.0 Å². The van der Waals surface area contributed by atoms with Crippen LogP contribution in [0.1, 0.15) is 18.2 Å². The Balaban J connectivity index is 0.00000220. The fourth-order valence-corrected chi connectivity index (χ4v) is 1.73. The summed E-state index contributed by atoms with van der Waals surface area (Å²) in [5.74, 6) is 0.741. The van der Waals surface area contributed by atoms with Gasteiger partial charge in [-0.3, -0.25) is 0 Å². The molecule has 0 radical (unpaired) electrons. The zero-order chi connectivity index (χ0) is 14.2. The van der Waals surface area contributed by atoms with E-state index in [9.17, 15) is 0 Å². The lowest BCUT2D eigenvalue weighted by molar-refractivity contribution is 0.410. The Kier molecular flexibility index (Phi) is 8.14. The molecule has 0 unspecified atom stereocenters. The van der Waals surface area contributed by atoms with E-state index in [-0.39, 0.29) is 24.0 Å². The molecule has 5 nitrogen and oxygen atoms in total. The molecule has 0 saturated carbocycles. The lowest BCUT2D eigenvalue weighted by atomic mass is 10.2. The number of hydrogen-bond donors (Lipinski definition) is 2. The Morgan fingerprint density at radius 2 is 2.00 bits per heavy atom. The van der Waals surface area contributed by atoms with Gasteiger partial charge in [0.05, 0.1) is 13.1 Å². The number of benzene rings is 1.